The zero-order chi connectivity index (χ0) is 21.8. The molecule has 4 rings (SSSR count). The van der Waals surface area contributed by atoms with Gasteiger partial charge < -0.3 is 26.2 Å². The molecule has 0 radical (unpaired) electrons. The Labute approximate surface area is 188 Å². The number of methoxy groups -OCH3 is 1. The lowest BCUT2D eigenvalue weighted by Gasteiger charge is -2.38. The number of nitrogens with two attached hydrogens (primary N) is 1. The first-order chi connectivity index (χ1) is 15.0. The predicted octanol–water partition coefficient (Wildman–Crippen LogP) is 2.35. The smallest absolute Gasteiger partial charge is 0.162 e. The van der Waals surface area contributed by atoms with Gasteiger partial charge in [-0.15, -0.1) is 0 Å². The van der Waals surface area contributed by atoms with E-state index >= 15 is 0 Å². The average Bonchev–Trinajstić information content (AvgIpc) is 2.79. The van der Waals surface area contributed by atoms with Crippen molar-refractivity contribution in [3.8, 4) is 5.75 Å². The van der Waals surface area contributed by atoms with Gasteiger partial charge in [0.25, 0.3) is 0 Å². The summed E-state index contributed by atoms with van der Waals surface area (Å²) in [6, 6.07) is 16.3. The molecule has 2 aliphatic rings. The van der Waals surface area contributed by atoms with Gasteiger partial charge in [0.15, 0.2) is 5.17 Å². The van der Waals surface area contributed by atoms with Crippen LogP contribution >= 0.6 is 11.8 Å². The maximum absolute atomic E-state index is 11.0. The van der Waals surface area contributed by atoms with Crippen molar-refractivity contribution in [2.24, 2.45) is 10.7 Å². The highest BCUT2D eigenvalue weighted by molar-refractivity contribution is 8.13. The SMILES string of the molecule is COc1ccc(C2CN(C[C@H](O)CC3(N)N=C(SC)Nc4ccccc43)CCN2)cc1. The number of anilines is 1. The van der Waals surface area contributed by atoms with E-state index in [9.17, 15) is 5.11 Å². The molecule has 3 atom stereocenters. The molecule has 0 aliphatic carbocycles. The Morgan fingerprint density at radius 3 is 2.81 bits per heavy atom. The molecule has 2 aromatic carbocycles. The average molecular weight is 442 g/mol. The Morgan fingerprint density at radius 2 is 2.06 bits per heavy atom. The lowest BCUT2D eigenvalue weighted by molar-refractivity contribution is 0.0713. The predicted molar refractivity (Wildman–Crippen MR) is 128 cm³/mol. The molecule has 2 aliphatic heterocycles. The maximum Gasteiger partial charge on any atom is 0.162 e. The molecule has 7 nitrogen and oxygen atoms in total. The van der Waals surface area contributed by atoms with E-state index in [1.165, 1.54) is 17.3 Å². The van der Waals surface area contributed by atoms with E-state index in [0.717, 1.165) is 41.8 Å². The number of hydrogen-bond donors (Lipinski definition) is 4. The molecule has 0 amide bonds. The molecule has 0 spiro atoms. The summed E-state index contributed by atoms with van der Waals surface area (Å²) in [7, 11) is 1.67. The van der Waals surface area contributed by atoms with Crippen LogP contribution in [0.3, 0.4) is 0 Å². The van der Waals surface area contributed by atoms with Gasteiger partial charge in [0.05, 0.1) is 13.2 Å². The van der Waals surface area contributed by atoms with E-state index in [2.05, 4.69) is 27.7 Å². The van der Waals surface area contributed by atoms with Crippen LogP contribution < -0.4 is 21.1 Å². The molecule has 2 aromatic rings. The van der Waals surface area contributed by atoms with Crippen LogP contribution in [0.5, 0.6) is 5.75 Å². The highest BCUT2D eigenvalue weighted by Crippen LogP contribution is 2.36. The van der Waals surface area contributed by atoms with Crippen molar-refractivity contribution in [3.05, 3.63) is 59.7 Å². The standard InChI is InChI=1S/C23H31N5O2S/c1-30-18-9-7-16(8-10-18)21-15-28(12-11-25-21)14-17(29)13-23(24)19-5-3-4-6-20(19)26-22(27-23)31-2/h3-10,17,21,25,29H,11-15,24H2,1-2H3,(H,26,27)/t17-,21?,23?/m1/s1. The topological polar surface area (TPSA) is 95.1 Å². The third-order valence-electron chi connectivity index (χ3n) is 5.92. The van der Waals surface area contributed by atoms with Crippen molar-refractivity contribution in [2.45, 2.75) is 24.2 Å². The molecular formula is C23H31N5O2S. The van der Waals surface area contributed by atoms with Gasteiger partial charge >= 0.3 is 0 Å². The maximum atomic E-state index is 11.0. The number of thioether (sulfide) groups is 1. The van der Waals surface area contributed by atoms with E-state index in [1.807, 2.05) is 42.7 Å². The fourth-order valence-electron chi connectivity index (χ4n) is 4.36. The molecule has 31 heavy (non-hydrogen) atoms. The minimum absolute atomic E-state index is 0.222. The number of benzene rings is 2. The van der Waals surface area contributed by atoms with Crippen LogP contribution in [-0.2, 0) is 5.66 Å². The van der Waals surface area contributed by atoms with Gasteiger partial charge in [-0.2, -0.15) is 0 Å². The quantitative estimate of drug-likeness (QED) is 0.547. The first-order valence-electron chi connectivity index (χ1n) is 10.6. The van der Waals surface area contributed by atoms with Gasteiger partial charge in [-0.05, 0) is 30.0 Å². The van der Waals surface area contributed by atoms with Crippen molar-refractivity contribution in [2.75, 3.05) is 44.9 Å². The Hall–Kier alpha value is -2.10. The van der Waals surface area contributed by atoms with E-state index in [0.29, 0.717) is 13.0 Å². The molecule has 1 saturated heterocycles. The molecule has 0 saturated carbocycles. The number of β-amino-alcohol motifs (C(OH)–C–C–N with tert-alkyl or cyclic N) is 1. The summed E-state index contributed by atoms with van der Waals surface area (Å²) in [4.78, 5) is 7.03. The Morgan fingerprint density at radius 1 is 1.29 bits per heavy atom. The third kappa shape index (κ3) is 5.05. The van der Waals surface area contributed by atoms with Crippen molar-refractivity contribution in [3.63, 3.8) is 0 Å². The lowest BCUT2D eigenvalue weighted by atomic mass is 9.91. The fraction of sp³-hybridized carbons (Fsp3) is 0.435. The van der Waals surface area contributed by atoms with Gasteiger partial charge in [0.1, 0.15) is 11.4 Å². The number of nitrogens with one attached hydrogen (secondary N) is 2. The van der Waals surface area contributed by atoms with E-state index in [1.54, 1.807) is 7.11 Å². The Kier molecular flexibility index (Phi) is 6.83. The summed E-state index contributed by atoms with van der Waals surface area (Å²) in [6.07, 6.45) is 1.75. The van der Waals surface area contributed by atoms with E-state index in [4.69, 9.17) is 15.5 Å². The second-order valence-electron chi connectivity index (χ2n) is 8.11. The molecule has 1 fully saturated rings. The summed E-state index contributed by atoms with van der Waals surface area (Å²) in [5, 5.41) is 18.6. The molecular weight excluding hydrogens is 410 g/mol. The number of aliphatic hydroxyl groups is 1. The van der Waals surface area contributed by atoms with Gasteiger partial charge in [-0.3, -0.25) is 4.90 Å². The summed E-state index contributed by atoms with van der Waals surface area (Å²) in [5.41, 5.74) is 8.90. The number of amidine groups is 1. The molecule has 0 aromatic heterocycles. The number of aliphatic hydroxyl groups excluding tert-OH is 1. The monoisotopic (exact) mass is 441 g/mol. The molecule has 2 heterocycles. The minimum Gasteiger partial charge on any atom is -0.497 e. The third-order valence-corrected chi connectivity index (χ3v) is 6.50. The lowest BCUT2D eigenvalue weighted by Crippen LogP contribution is -2.50. The molecule has 5 N–H and O–H groups in total. The van der Waals surface area contributed by atoms with Crippen molar-refractivity contribution >= 4 is 22.6 Å². The van der Waals surface area contributed by atoms with Crippen LogP contribution in [-0.4, -0.2) is 60.8 Å². The summed E-state index contributed by atoms with van der Waals surface area (Å²) >= 11 is 1.52. The largest absolute Gasteiger partial charge is 0.497 e. The van der Waals surface area contributed by atoms with Crippen LogP contribution in [0.25, 0.3) is 0 Å². The second-order valence-corrected chi connectivity index (χ2v) is 8.91. The normalized spacial score (nSPS) is 24.6. The molecule has 166 valence electrons. The Bertz CT molecular complexity index is 922. The van der Waals surface area contributed by atoms with Crippen LogP contribution in [0.2, 0.25) is 0 Å². The van der Waals surface area contributed by atoms with Gasteiger partial charge in [-0.25, -0.2) is 4.99 Å². The summed E-state index contributed by atoms with van der Waals surface area (Å²) < 4.78 is 5.26. The first-order valence-corrected chi connectivity index (χ1v) is 11.8. The van der Waals surface area contributed by atoms with Crippen LogP contribution in [0.4, 0.5) is 5.69 Å². The number of rotatable bonds is 6. The van der Waals surface area contributed by atoms with Crippen molar-refractivity contribution in [1.29, 1.82) is 0 Å². The van der Waals surface area contributed by atoms with Crippen LogP contribution in [0, 0.1) is 0 Å². The molecule has 0 bridgehead atoms. The summed E-state index contributed by atoms with van der Waals surface area (Å²) in [5.74, 6) is 0.854. The molecule has 8 heteroatoms. The van der Waals surface area contributed by atoms with Crippen LogP contribution in [0.1, 0.15) is 23.6 Å². The number of hydrogen-bond acceptors (Lipinski definition) is 8. The van der Waals surface area contributed by atoms with Crippen molar-refractivity contribution in [1.82, 2.24) is 10.2 Å². The van der Waals surface area contributed by atoms with Gasteiger partial charge in [0.2, 0.25) is 0 Å². The number of fused-ring (bicyclic) bond motifs is 1. The number of piperazine rings is 1. The van der Waals surface area contributed by atoms with Crippen molar-refractivity contribution < 1.29 is 9.84 Å². The minimum atomic E-state index is -0.941. The zero-order valence-corrected chi connectivity index (χ0v) is 18.9. The fourth-order valence-corrected chi connectivity index (χ4v) is 4.83. The van der Waals surface area contributed by atoms with E-state index < -0.39 is 11.8 Å². The summed E-state index contributed by atoms with van der Waals surface area (Å²) in [6.45, 7) is 3.16. The first kappa shape index (κ1) is 22.1. The van der Waals surface area contributed by atoms with E-state index in [-0.39, 0.29) is 6.04 Å². The number of nitrogens with zero attached hydrogens (tertiary/aromatic N) is 2. The number of para-hydroxylation sites is 1. The Balaban J connectivity index is 1.42. The van der Waals surface area contributed by atoms with Crippen LogP contribution in [0.15, 0.2) is 53.5 Å². The zero-order valence-electron chi connectivity index (χ0n) is 18.0. The van der Waals surface area contributed by atoms with Gasteiger partial charge in [0, 0.05) is 49.9 Å². The highest BCUT2D eigenvalue weighted by atomic mass is 32.2. The molecule has 2 unspecified atom stereocenters. The number of aliphatic imine (C=N–C) groups is 1. The second kappa shape index (κ2) is 9.58. The number of ether oxygens (including phenoxy) is 1. The highest BCUT2D eigenvalue weighted by Gasteiger charge is 2.36. The van der Waals surface area contributed by atoms with Gasteiger partial charge in [-0.1, -0.05) is 42.1 Å².